The number of hydrogen-bond donors (Lipinski definition) is 1. The number of quaternary nitrogens is 1. The lowest BCUT2D eigenvalue weighted by Crippen LogP contribution is -2.40. The molecule has 0 aromatic heterocycles. The summed E-state index contributed by atoms with van der Waals surface area (Å²) >= 11 is 0. The van der Waals surface area contributed by atoms with Crippen molar-refractivity contribution in [1.29, 1.82) is 0 Å². The summed E-state index contributed by atoms with van der Waals surface area (Å²) in [6.45, 7) is 4.82. The van der Waals surface area contributed by atoms with E-state index >= 15 is 0 Å². The van der Waals surface area contributed by atoms with Gasteiger partial charge in [-0.1, -0.05) is 382 Å². The Morgan fingerprint density at radius 1 is 0.333 bits per heavy atom. The van der Waals surface area contributed by atoms with E-state index in [0.717, 1.165) is 83.5 Å². The van der Waals surface area contributed by atoms with Crippen LogP contribution in [0.5, 0.6) is 0 Å². The van der Waals surface area contributed by atoms with Gasteiger partial charge in [-0.15, -0.1) is 0 Å². The fourth-order valence-electron chi connectivity index (χ4n) is 11.9. The van der Waals surface area contributed by atoms with Gasteiger partial charge >= 0.3 is 17.9 Å². The van der Waals surface area contributed by atoms with Gasteiger partial charge in [-0.3, -0.25) is 9.59 Å². The smallest absolute Gasteiger partial charge is 0.361 e. The molecule has 0 fully saturated rings. The highest BCUT2D eigenvalue weighted by Gasteiger charge is 2.25. The molecule has 9 nitrogen and oxygen atoms in total. The minimum Gasteiger partial charge on any atom is -0.477 e. The quantitative estimate of drug-likeness (QED) is 0.0211. The van der Waals surface area contributed by atoms with E-state index in [9.17, 15) is 19.5 Å². The number of nitrogens with zero attached hydrogens (tertiary/aromatic N) is 1. The summed E-state index contributed by atoms with van der Waals surface area (Å²) in [5, 5.41) is 9.77. The highest BCUT2D eigenvalue weighted by molar-refractivity contribution is 5.71. The van der Waals surface area contributed by atoms with E-state index in [1.54, 1.807) is 0 Å². The van der Waals surface area contributed by atoms with Crippen molar-refractivity contribution in [2.24, 2.45) is 0 Å². The maximum absolute atomic E-state index is 13.0. The van der Waals surface area contributed by atoms with Gasteiger partial charge in [0.25, 0.3) is 6.29 Å². The molecule has 542 valence electrons. The van der Waals surface area contributed by atoms with Gasteiger partial charge in [-0.05, 0) is 64.2 Å². The average molecular weight is 1310 g/mol. The number of carbonyl (C=O) groups excluding carboxylic acids is 2. The first kappa shape index (κ1) is 89.7. The number of carbonyl (C=O) groups is 3. The van der Waals surface area contributed by atoms with Gasteiger partial charge in [0.2, 0.25) is 0 Å². The van der Waals surface area contributed by atoms with Gasteiger partial charge in [-0.2, -0.15) is 0 Å². The van der Waals surface area contributed by atoms with Crippen molar-refractivity contribution >= 4 is 17.9 Å². The summed E-state index contributed by atoms with van der Waals surface area (Å²) in [4.78, 5) is 37.7. The summed E-state index contributed by atoms with van der Waals surface area (Å²) in [7, 11) is 5.99. The highest BCUT2D eigenvalue weighted by atomic mass is 16.7. The Morgan fingerprint density at radius 2 is 0.613 bits per heavy atom. The topological polar surface area (TPSA) is 108 Å². The number of esters is 2. The van der Waals surface area contributed by atoms with Crippen molar-refractivity contribution < 1.29 is 42.9 Å². The van der Waals surface area contributed by atoms with Crippen molar-refractivity contribution in [3.8, 4) is 0 Å². The van der Waals surface area contributed by atoms with E-state index in [1.807, 2.05) is 21.1 Å². The molecule has 0 aromatic rings. The van der Waals surface area contributed by atoms with E-state index in [1.165, 1.54) is 270 Å². The summed E-state index contributed by atoms with van der Waals surface area (Å²) in [6.07, 6.45) is 97.8. The molecule has 2 unspecified atom stereocenters. The SMILES string of the molecule is CC/C=C\C/C=C\C/C=C\C/C=C\C/C=C\C/C=C\CCCCCCCCCCCCC(=O)OC(COC(=O)CCCCCCCCCCCCCCCCCCCCCCCCCCCCCCCCCCCCCCCCC)COC(OCC[N+](C)(C)C)C(=O)O. The number of allylic oxidation sites excluding steroid dienone is 12. The number of aliphatic carboxylic acids is 1. The Hall–Kier alpha value is -3.27. The third-order valence-electron chi connectivity index (χ3n) is 18.0. The fourth-order valence-corrected chi connectivity index (χ4v) is 11.9. The van der Waals surface area contributed by atoms with Gasteiger partial charge in [0.15, 0.2) is 6.10 Å². The summed E-state index contributed by atoms with van der Waals surface area (Å²) in [5.41, 5.74) is 0. The lowest BCUT2D eigenvalue weighted by Gasteiger charge is -2.25. The predicted octanol–water partition coefficient (Wildman–Crippen LogP) is 25.6. The predicted molar refractivity (Wildman–Crippen MR) is 401 cm³/mol. The molecule has 0 spiro atoms. The van der Waals surface area contributed by atoms with Gasteiger partial charge < -0.3 is 28.5 Å². The molecule has 9 heteroatoms. The van der Waals surface area contributed by atoms with Crippen LogP contribution in [0.3, 0.4) is 0 Å². The molecule has 0 aromatic carbocycles. The van der Waals surface area contributed by atoms with Crippen molar-refractivity contribution in [3.05, 3.63) is 72.9 Å². The summed E-state index contributed by atoms with van der Waals surface area (Å²) < 4.78 is 23.0. The molecular weight excluding hydrogens is 1150 g/mol. The van der Waals surface area contributed by atoms with Crippen LogP contribution in [-0.4, -0.2) is 87.4 Å². The third kappa shape index (κ3) is 76.0. The number of carboxylic acid groups (broad SMARTS) is 1. The number of rotatable bonds is 75. The zero-order valence-corrected chi connectivity index (χ0v) is 62.2. The molecule has 93 heavy (non-hydrogen) atoms. The second kappa shape index (κ2) is 74.5. The van der Waals surface area contributed by atoms with Crippen molar-refractivity contribution in [2.45, 2.75) is 399 Å². The maximum Gasteiger partial charge on any atom is 0.361 e. The Balaban J connectivity index is 3.98. The van der Waals surface area contributed by atoms with Gasteiger partial charge in [-0.25, -0.2) is 4.79 Å². The molecule has 0 rings (SSSR count). The molecule has 0 amide bonds. The van der Waals surface area contributed by atoms with Crippen LogP contribution in [0.2, 0.25) is 0 Å². The minimum atomic E-state index is -1.51. The molecular formula is C84H154NO8+. The molecule has 0 saturated heterocycles. The molecule has 0 heterocycles. The summed E-state index contributed by atoms with van der Waals surface area (Å²) in [5.74, 6) is -1.99. The van der Waals surface area contributed by atoms with Crippen molar-refractivity contribution in [3.63, 3.8) is 0 Å². The lowest BCUT2D eigenvalue weighted by atomic mass is 10.0. The van der Waals surface area contributed by atoms with Crippen LogP contribution in [-0.2, 0) is 33.3 Å². The number of carboxylic acids is 1. The second-order valence-corrected chi connectivity index (χ2v) is 28.4. The van der Waals surface area contributed by atoms with E-state index in [0.29, 0.717) is 23.9 Å². The first-order chi connectivity index (χ1) is 45.6. The molecule has 0 aliphatic heterocycles. The monoisotopic (exact) mass is 1310 g/mol. The zero-order valence-electron chi connectivity index (χ0n) is 62.2. The van der Waals surface area contributed by atoms with Crippen LogP contribution in [0.15, 0.2) is 72.9 Å². The van der Waals surface area contributed by atoms with Crippen LogP contribution in [0.1, 0.15) is 386 Å². The Bertz CT molecular complexity index is 1760. The molecule has 0 aliphatic carbocycles. The third-order valence-corrected chi connectivity index (χ3v) is 18.0. The largest absolute Gasteiger partial charge is 0.477 e. The van der Waals surface area contributed by atoms with Gasteiger partial charge in [0.1, 0.15) is 13.2 Å². The molecule has 0 aliphatic rings. The number of hydrogen-bond acceptors (Lipinski definition) is 7. The van der Waals surface area contributed by atoms with Crippen LogP contribution >= 0.6 is 0 Å². The van der Waals surface area contributed by atoms with Crippen molar-refractivity contribution in [2.75, 3.05) is 47.5 Å². The number of likely N-dealkylation sites (N-methyl/N-ethyl adjacent to an activating group) is 1. The van der Waals surface area contributed by atoms with E-state index in [2.05, 4.69) is 86.8 Å². The van der Waals surface area contributed by atoms with E-state index < -0.39 is 24.3 Å². The van der Waals surface area contributed by atoms with Gasteiger partial charge in [0.05, 0.1) is 34.4 Å². The number of ether oxygens (including phenoxy) is 4. The first-order valence-electron chi connectivity index (χ1n) is 40.1. The standard InChI is InChI=1S/C84H153NO8/c1-6-8-10-12-14-16-18-20-22-24-26-28-30-32-34-36-37-38-39-40-41-42-43-44-45-47-48-50-52-54-56-58-60-62-64-66-68-70-72-74-81(86)91-78-80(79-92-84(83(88)89)90-77-76-85(3,4)5)93-82(87)75-73-71-69-67-65-63-61-59-57-55-53-51-49-46-35-33-31-29-27-25-23-21-19-17-15-13-11-9-7-2/h9,11,15,17,21,23,27,29,33,35,49,51,80,84H,6-8,10,12-14,16,18-20,22,24-26,28,30-32,34,36-48,50,52-79H2,1-5H3/p+1/b11-9-,17-15-,23-21-,29-27-,35-33-,51-49-. The van der Waals surface area contributed by atoms with E-state index in [-0.39, 0.29) is 32.2 Å². The lowest BCUT2D eigenvalue weighted by molar-refractivity contribution is -0.870. The van der Waals surface area contributed by atoms with Crippen LogP contribution in [0, 0.1) is 0 Å². The molecule has 0 bridgehead atoms. The van der Waals surface area contributed by atoms with Crippen LogP contribution in [0.4, 0.5) is 0 Å². The highest BCUT2D eigenvalue weighted by Crippen LogP contribution is 2.20. The maximum atomic E-state index is 13.0. The fraction of sp³-hybridized carbons (Fsp3) is 0.821. The number of unbranched alkanes of at least 4 members (excludes halogenated alkanes) is 48. The Kier molecular flexibility index (Phi) is 71.9. The first-order valence-corrected chi connectivity index (χ1v) is 40.1. The molecule has 0 saturated carbocycles. The summed E-state index contributed by atoms with van der Waals surface area (Å²) in [6, 6.07) is 0. The van der Waals surface area contributed by atoms with Crippen LogP contribution in [0.25, 0.3) is 0 Å². The zero-order chi connectivity index (χ0) is 67.5. The minimum absolute atomic E-state index is 0.183. The van der Waals surface area contributed by atoms with Crippen molar-refractivity contribution in [1.82, 2.24) is 0 Å². The normalized spacial score (nSPS) is 13.0. The average Bonchev–Trinajstić information content (AvgIpc) is 3.74. The molecule has 1 N–H and O–H groups in total. The van der Waals surface area contributed by atoms with E-state index in [4.69, 9.17) is 18.9 Å². The van der Waals surface area contributed by atoms with Gasteiger partial charge in [0, 0.05) is 12.8 Å². The van der Waals surface area contributed by atoms with Crippen LogP contribution < -0.4 is 0 Å². The Morgan fingerprint density at radius 3 is 0.914 bits per heavy atom. The molecule has 0 radical (unpaired) electrons. The second-order valence-electron chi connectivity index (χ2n) is 28.4. The molecule has 2 atom stereocenters. The Labute approximate surface area is 577 Å².